The monoisotopic (exact) mass is 241 g/mol. The number of nitrogens with two attached hydrogens (primary N) is 1. The molecule has 1 aromatic carbocycles. The Hall–Kier alpha value is -0.870. The van der Waals surface area contributed by atoms with Gasteiger partial charge < -0.3 is 5.73 Å². The van der Waals surface area contributed by atoms with E-state index in [0.717, 1.165) is 18.4 Å². The summed E-state index contributed by atoms with van der Waals surface area (Å²) in [6.45, 7) is 2.78. The van der Waals surface area contributed by atoms with Crippen molar-refractivity contribution in [2.75, 3.05) is 12.8 Å². The van der Waals surface area contributed by atoms with Gasteiger partial charge in [0.2, 0.25) is 0 Å². The Balaban J connectivity index is 2.80. The van der Waals surface area contributed by atoms with E-state index in [9.17, 15) is 8.42 Å². The predicted octanol–water partition coefficient (Wildman–Crippen LogP) is 1.62. The maximum atomic E-state index is 11.3. The zero-order valence-electron chi connectivity index (χ0n) is 9.81. The van der Waals surface area contributed by atoms with Crippen LogP contribution in [0.1, 0.15) is 18.9 Å². The van der Waals surface area contributed by atoms with Crippen molar-refractivity contribution in [1.29, 1.82) is 0 Å². The second-order valence-electron chi connectivity index (χ2n) is 4.13. The number of hydrogen-bond donors (Lipinski definition) is 1. The highest BCUT2D eigenvalue weighted by molar-refractivity contribution is 7.90. The second kappa shape index (κ2) is 5.46. The molecule has 1 atom stereocenters. The van der Waals surface area contributed by atoms with E-state index >= 15 is 0 Å². The topological polar surface area (TPSA) is 60.2 Å². The molecule has 0 heterocycles. The third kappa shape index (κ3) is 3.61. The zero-order chi connectivity index (χ0) is 12.2. The summed E-state index contributed by atoms with van der Waals surface area (Å²) in [5.74, 6) is 0.476. The number of hydrogen-bond acceptors (Lipinski definition) is 3. The fourth-order valence-corrected chi connectivity index (χ4v) is 2.23. The first-order valence-corrected chi connectivity index (χ1v) is 7.35. The van der Waals surface area contributed by atoms with Crippen LogP contribution in [0.15, 0.2) is 29.2 Å². The lowest BCUT2D eigenvalue weighted by Gasteiger charge is -2.12. The molecule has 0 spiro atoms. The van der Waals surface area contributed by atoms with Crippen molar-refractivity contribution < 1.29 is 8.42 Å². The van der Waals surface area contributed by atoms with E-state index in [2.05, 4.69) is 6.92 Å². The lowest BCUT2D eigenvalue weighted by atomic mass is 9.97. The third-order valence-electron chi connectivity index (χ3n) is 2.79. The minimum absolute atomic E-state index is 0.372. The molecule has 0 aromatic heterocycles. The SMILES string of the molecule is CCC(CN)Cc1ccc(S(C)(=O)=O)cc1. The van der Waals surface area contributed by atoms with Crippen molar-refractivity contribution in [3.05, 3.63) is 29.8 Å². The van der Waals surface area contributed by atoms with Crippen molar-refractivity contribution in [2.45, 2.75) is 24.7 Å². The van der Waals surface area contributed by atoms with Crippen molar-refractivity contribution in [3.8, 4) is 0 Å². The maximum absolute atomic E-state index is 11.3. The average Bonchev–Trinajstić information content (AvgIpc) is 2.25. The van der Waals surface area contributed by atoms with Crippen molar-refractivity contribution >= 4 is 9.84 Å². The first-order valence-electron chi connectivity index (χ1n) is 5.46. The van der Waals surface area contributed by atoms with Crippen LogP contribution in [0, 0.1) is 5.92 Å². The van der Waals surface area contributed by atoms with Crippen molar-refractivity contribution in [3.63, 3.8) is 0 Å². The molecule has 0 bridgehead atoms. The van der Waals surface area contributed by atoms with Crippen molar-refractivity contribution in [1.82, 2.24) is 0 Å². The van der Waals surface area contributed by atoms with Crippen LogP contribution in [-0.2, 0) is 16.3 Å². The van der Waals surface area contributed by atoms with Gasteiger partial charge >= 0.3 is 0 Å². The highest BCUT2D eigenvalue weighted by Crippen LogP contribution is 2.14. The van der Waals surface area contributed by atoms with E-state index in [1.807, 2.05) is 12.1 Å². The normalized spacial score (nSPS) is 13.7. The van der Waals surface area contributed by atoms with Gasteiger partial charge in [0.1, 0.15) is 0 Å². The summed E-state index contributed by atoms with van der Waals surface area (Å²) >= 11 is 0. The molecule has 1 rings (SSSR count). The minimum atomic E-state index is -3.08. The second-order valence-corrected chi connectivity index (χ2v) is 6.15. The molecule has 3 nitrogen and oxygen atoms in total. The highest BCUT2D eigenvalue weighted by Gasteiger charge is 2.08. The molecule has 0 amide bonds. The third-order valence-corrected chi connectivity index (χ3v) is 3.92. The number of benzene rings is 1. The minimum Gasteiger partial charge on any atom is -0.330 e. The van der Waals surface area contributed by atoms with Crippen LogP contribution in [0.25, 0.3) is 0 Å². The van der Waals surface area contributed by atoms with Crippen LogP contribution < -0.4 is 5.73 Å². The van der Waals surface area contributed by atoms with Crippen LogP contribution in [-0.4, -0.2) is 21.2 Å². The van der Waals surface area contributed by atoms with E-state index < -0.39 is 9.84 Å². The van der Waals surface area contributed by atoms with E-state index in [0.29, 0.717) is 17.4 Å². The molecule has 0 aliphatic rings. The van der Waals surface area contributed by atoms with Gasteiger partial charge in [-0.05, 0) is 36.6 Å². The molecule has 1 unspecified atom stereocenters. The van der Waals surface area contributed by atoms with Gasteiger partial charge in [-0.3, -0.25) is 0 Å². The molecule has 0 saturated heterocycles. The standard InChI is InChI=1S/C12H19NO2S/c1-3-10(9-13)8-11-4-6-12(7-5-11)16(2,14)15/h4-7,10H,3,8-9,13H2,1-2H3. The smallest absolute Gasteiger partial charge is 0.175 e. The molecule has 16 heavy (non-hydrogen) atoms. The van der Waals surface area contributed by atoms with Gasteiger partial charge in [0.25, 0.3) is 0 Å². The Morgan fingerprint density at radius 3 is 2.19 bits per heavy atom. The number of sulfone groups is 1. The molecular weight excluding hydrogens is 222 g/mol. The summed E-state index contributed by atoms with van der Waals surface area (Å²) < 4.78 is 22.5. The Bertz CT molecular complexity index is 419. The molecule has 0 saturated carbocycles. The lowest BCUT2D eigenvalue weighted by molar-refractivity contribution is 0.518. The van der Waals surface area contributed by atoms with E-state index in [4.69, 9.17) is 5.73 Å². The lowest BCUT2D eigenvalue weighted by Crippen LogP contribution is -2.15. The molecule has 4 heteroatoms. The molecule has 0 fully saturated rings. The fraction of sp³-hybridized carbons (Fsp3) is 0.500. The van der Waals surface area contributed by atoms with Gasteiger partial charge in [-0.1, -0.05) is 25.5 Å². The molecule has 90 valence electrons. The van der Waals surface area contributed by atoms with E-state index in [1.165, 1.54) is 6.26 Å². The summed E-state index contributed by atoms with van der Waals surface area (Å²) in [5, 5.41) is 0. The van der Waals surface area contributed by atoms with E-state index in [1.54, 1.807) is 12.1 Å². The first kappa shape index (κ1) is 13.2. The summed E-state index contributed by atoms with van der Waals surface area (Å²) in [7, 11) is -3.08. The fourth-order valence-electron chi connectivity index (χ4n) is 1.60. The van der Waals surface area contributed by atoms with Gasteiger partial charge in [-0.25, -0.2) is 8.42 Å². The molecule has 0 aliphatic carbocycles. The zero-order valence-corrected chi connectivity index (χ0v) is 10.6. The molecule has 0 radical (unpaired) electrons. The van der Waals surface area contributed by atoms with Crippen LogP contribution in [0.2, 0.25) is 0 Å². The van der Waals surface area contributed by atoms with Crippen LogP contribution in [0.5, 0.6) is 0 Å². The maximum Gasteiger partial charge on any atom is 0.175 e. The van der Waals surface area contributed by atoms with Crippen molar-refractivity contribution in [2.24, 2.45) is 11.7 Å². The Labute approximate surface area is 97.6 Å². The summed E-state index contributed by atoms with van der Waals surface area (Å²) in [6, 6.07) is 7.06. The van der Waals surface area contributed by atoms with Crippen LogP contribution in [0.3, 0.4) is 0 Å². The van der Waals surface area contributed by atoms with Gasteiger partial charge in [0, 0.05) is 6.26 Å². The predicted molar refractivity (Wildman–Crippen MR) is 66.1 cm³/mol. The Kier molecular flexibility index (Phi) is 4.50. The Morgan fingerprint density at radius 1 is 1.25 bits per heavy atom. The van der Waals surface area contributed by atoms with Crippen LogP contribution >= 0.6 is 0 Å². The molecule has 1 aromatic rings. The largest absolute Gasteiger partial charge is 0.330 e. The average molecular weight is 241 g/mol. The van der Waals surface area contributed by atoms with Crippen LogP contribution in [0.4, 0.5) is 0 Å². The summed E-state index contributed by atoms with van der Waals surface area (Å²) in [5.41, 5.74) is 6.78. The van der Waals surface area contributed by atoms with Gasteiger partial charge in [0.05, 0.1) is 4.90 Å². The molecular formula is C12H19NO2S. The summed E-state index contributed by atoms with van der Waals surface area (Å²) in [6.07, 6.45) is 3.18. The summed E-state index contributed by atoms with van der Waals surface area (Å²) in [4.78, 5) is 0.372. The van der Waals surface area contributed by atoms with Gasteiger partial charge in [0.15, 0.2) is 9.84 Å². The quantitative estimate of drug-likeness (QED) is 0.852. The first-order chi connectivity index (χ1) is 7.47. The van der Waals surface area contributed by atoms with Gasteiger partial charge in [-0.15, -0.1) is 0 Å². The molecule has 2 N–H and O–H groups in total. The number of rotatable bonds is 5. The van der Waals surface area contributed by atoms with Gasteiger partial charge in [-0.2, -0.15) is 0 Å². The Morgan fingerprint density at radius 2 is 1.81 bits per heavy atom. The van der Waals surface area contributed by atoms with E-state index in [-0.39, 0.29) is 0 Å². The molecule has 0 aliphatic heterocycles. The highest BCUT2D eigenvalue weighted by atomic mass is 32.2.